The number of anilines is 2. The first-order valence-electron chi connectivity index (χ1n) is 10.6. The number of hydrogen-bond acceptors (Lipinski definition) is 7. The smallest absolute Gasteiger partial charge is 0.228 e. The molecule has 8 nitrogen and oxygen atoms in total. The standard InChI is InChI=1S/C19H30N6O2S/c26-16-7-5-12-25(16)19-22-21-18(28-19)24-11-4-6-15(14-24)17(27)20-8-13-23-9-2-1-3-10-23/h15H,1-14H2,(H,20,27)/t15-/m1/s1. The van der Waals surface area contributed by atoms with Gasteiger partial charge in [0.2, 0.25) is 22.1 Å². The van der Waals surface area contributed by atoms with E-state index in [0.717, 1.165) is 63.7 Å². The summed E-state index contributed by atoms with van der Waals surface area (Å²) < 4.78 is 0. The molecule has 154 valence electrons. The summed E-state index contributed by atoms with van der Waals surface area (Å²) in [5, 5.41) is 13.2. The average molecular weight is 407 g/mol. The fraction of sp³-hybridized carbons (Fsp3) is 0.789. The van der Waals surface area contributed by atoms with Crippen LogP contribution in [0.1, 0.15) is 44.9 Å². The van der Waals surface area contributed by atoms with E-state index >= 15 is 0 Å². The van der Waals surface area contributed by atoms with Crippen molar-refractivity contribution in [3.05, 3.63) is 0 Å². The summed E-state index contributed by atoms with van der Waals surface area (Å²) in [4.78, 5) is 30.9. The Hall–Kier alpha value is -1.74. The summed E-state index contributed by atoms with van der Waals surface area (Å²) in [6.45, 7) is 6.30. The molecule has 0 saturated carbocycles. The Balaban J connectivity index is 1.27. The highest BCUT2D eigenvalue weighted by Crippen LogP contribution is 2.32. The Kier molecular flexibility index (Phi) is 6.41. The molecular weight excluding hydrogens is 376 g/mol. The first-order valence-corrected chi connectivity index (χ1v) is 11.4. The summed E-state index contributed by atoms with van der Waals surface area (Å²) in [6, 6.07) is 0. The zero-order valence-corrected chi connectivity index (χ0v) is 17.3. The predicted molar refractivity (Wildman–Crippen MR) is 110 cm³/mol. The molecule has 0 bridgehead atoms. The number of amides is 2. The minimum absolute atomic E-state index is 0.00382. The number of carbonyl (C=O) groups excluding carboxylic acids is 2. The van der Waals surface area contributed by atoms with Crippen LogP contribution in [0.15, 0.2) is 0 Å². The van der Waals surface area contributed by atoms with E-state index in [2.05, 4.69) is 25.3 Å². The topological polar surface area (TPSA) is 81.7 Å². The highest BCUT2D eigenvalue weighted by atomic mass is 32.1. The number of piperidine rings is 2. The van der Waals surface area contributed by atoms with Crippen molar-refractivity contribution < 1.29 is 9.59 Å². The van der Waals surface area contributed by atoms with E-state index in [4.69, 9.17) is 0 Å². The maximum atomic E-state index is 12.6. The molecule has 2 amide bonds. The Morgan fingerprint density at radius 1 is 1.04 bits per heavy atom. The van der Waals surface area contributed by atoms with E-state index in [1.807, 2.05) is 0 Å². The summed E-state index contributed by atoms with van der Waals surface area (Å²) >= 11 is 1.46. The lowest BCUT2D eigenvalue weighted by Gasteiger charge is -2.32. The van der Waals surface area contributed by atoms with E-state index in [0.29, 0.717) is 18.1 Å². The molecule has 3 aliphatic rings. The molecule has 1 aromatic heterocycles. The van der Waals surface area contributed by atoms with Gasteiger partial charge in [-0.1, -0.05) is 17.8 Å². The molecule has 0 aromatic carbocycles. The van der Waals surface area contributed by atoms with Gasteiger partial charge in [-0.2, -0.15) is 0 Å². The normalized spacial score (nSPS) is 24.0. The van der Waals surface area contributed by atoms with E-state index in [1.54, 1.807) is 4.90 Å². The summed E-state index contributed by atoms with van der Waals surface area (Å²) in [7, 11) is 0. The molecule has 28 heavy (non-hydrogen) atoms. The molecule has 1 aromatic rings. The van der Waals surface area contributed by atoms with E-state index in [-0.39, 0.29) is 17.7 Å². The van der Waals surface area contributed by atoms with Gasteiger partial charge in [0, 0.05) is 39.1 Å². The maximum absolute atomic E-state index is 12.6. The molecule has 4 heterocycles. The molecule has 3 saturated heterocycles. The quantitative estimate of drug-likeness (QED) is 0.771. The molecule has 9 heteroatoms. The zero-order valence-electron chi connectivity index (χ0n) is 16.4. The Morgan fingerprint density at radius 2 is 1.86 bits per heavy atom. The molecule has 0 spiro atoms. The van der Waals surface area contributed by atoms with Gasteiger partial charge in [0.25, 0.3) is 0 Å². The van der Waals surface area contributed by atoms with Gasteiger partial charge >= 0.3 is 0 Å². The number of nitrogens with one attached hydrogen (secondary N) is 1. The van der Waals surface area contributed by atoms with Gasteiger partial charge in [-0.3, -0.25) is 14.5 Å². The van der Waals surface area contributed by atoms with Gasteiger partial charge in [-0.25, -0.2) is 0 Å². The van der Waals surface area contributed by atoms with Crippen LogP contribution in [0.2, 0.25) is 0 Å². The fourth-order valence-corrected chi connectivity index (χ4v) is 5.25. The minimum atomic E-state index is -0.00382. The maximum Gasteiger partial charge on any atom is 0.228 e. The highest BCUT2D eigenvalue weighted by molar-refractivity contribution is 7.19. The zero-order chi connectivity index (χ0) is 19.3. The van der Waals surface area contributed by atoms with Crippen molar-refractivity contribution in [2.75, 3.05) is 55.6 Å². The van der Waals surface area contributed by atoms with Crippen molar-refractivity contribution >= 4 is 33.4 Å². The van der Waals surface area contributed by atoms with Crippen LogP contribution in [0.25, 0.3) is 0 Å². The third-order valence-corrected chi connectivity index (χ3v) is 6.95. The third kappa shape index (κ3) is 4.63. The second-order valence-corrected chi connectivity index (χ2v) is 8.93. The molecule has 3 aliphatic heterocycles. The number of nitrogens with zero attached hydrogens (tertiary/aromatic N) is 5. The fourth-order valence-electron chi connectivity index (χ4n) is 4.32. The van der Waals surface area contributed by atoms with Gasteiger partial charge in [-0.05, 0) is 45.2 Å². The minimum Gasteiger partial charge on any atom is -0.355 e. The molecule has 1 atom stereocenters. The third-order valence-electron chi connectivity index (χ3n) is 5.95. The molecular formula is C19H30N6O2S. The van der Waals surface area contributed by atoms with E-state index < -0.39 is 0 Å². The second kappa shape index (κ2) is 9.17. The van der Waals surface area contributed by atoms with Crippen molar-refractivity contribution in [2.24, 2.45) is 5.92 Å². The van der Waals surface area contributed by atoms with Crippen molar-refractivity contribution in [3.63, 3.8) is 0 Å². The van der Waals surface area contributed by atoms with Crippen LogP contribution in [0.4, 0.5) is 10.3 Å². The van der Waals surface area contributed by atoms with Crippen LogP contribution < -0.4 is 15.1 Å². The monoisotopic (exact) mass is 406 g/mol. The van der Waals surface area contributed by atoms with Gasteiger partial charge in [0.05, 0.1) is 5.92 Å². The second-order valence-electron chi connectivity index (χ2n) is 7.99. The van der Waals surface area contributed by atoms with E-state index in [1.165, 1.54) is 30.6 Å². The number of carbonyl (C=O) groups is 2. The van der Waals surface area contributed by atoms with Gasteiger partial charge in [0.15, 0.2) is 0 Å². The largest absolute Gasteiger partial charge is 0.355 e. The Morgan fingerprint density at radius 3 is 2.64 bits per heavy atom. The van der Waals surface area contributed by atoms with Gasteiger partial charge in [0.1, 0.15) is 0 Å². The Bertz CT molecular complexity index is 690. The molecule has 0 radical (unpaired) electrons. The van der Waals surface area contributed by atoms with Crippen LogP contribution in [-0.2, 0) is 9.59 Å². The lowest BCUT2D eigenvalue weighted by molar-refractivity contribution is -0.125. The molecule has 1 N–H and O–H groups in total. The number of hydrogen-bond donors (Lipinski definition) is 1. The van der Waals surface area contributed by atoms with Crippen LogP contribution >= 0.6 is 11.3 Å². The average Bonchev–Trinajstić information content (AvgIpc) is 3.38. The highest BCUT2D eigenvalue weighted by Gasteiger charge is 2.30. The summed E-state index contributed by atoms with van der Waals surface area (Å²) in [5.41, 5.74) is 0. The number of aromatic nitrogens is 2. The lowest BCUT2D eigenvalue weighted by atomic mass is 9.97. The molecule has 0 unspecified atom stereocenters. The summed E-state index contributed by atoms with van der Waals surface area (Å²) in [6.07, 6.45) is 7.26. The van der Waals surface area contributed by atoms with Crippen molar-refractivity contribution in [3.8, 4) is 0 Å². The van der Waals surface area contributed by atoms with Crippen LogP contribution in [-0.4, -0.2) is 72.7 Å². The van der Waals surface area contributed by atoms with Crippen molar-refractivity contribution in [2.45, 2.75) is 44.9 Å². The molecule has 3 fully saturated rings. The number of rotatable bonds is 6. The van der Waals surface area contributed by atoms with Crippen LogP contribution in [0, 0.1) is 5.92 Å². The SMILES string of the molecule is O=C(NCCN1CCCCC1)[C@@H]1CCCN(c2nnc(N3CCCC3=O)s2)C1. The first-order chi connectivity index (χ1) is 13.7. The molecule has 4 rings (SSSR count). The van der Waals surface area contributed by atoms with Crippen molar-refractivity contribution in [1.82, 2.24) is 20.4 Å². The van der Waals surface area contributed by atoms with Gasteiger partial charge < -0.3 is 15.1 Å². The van der Waals surface area contributed by atoms with Gasteiger partial charge in [-0.15, -0.1) is 10.2 Å². The van der Waals surface area contributed by atoms with Crippen LogP contribution in [0.3, 0.4) is 0 Å². The predicted octanol–water partition coefficient (Wildman–Crippen LogP) is 1.48. The van der Waals surface area contributed by atoms with E-state index in [9.17, 15) is 9.59 Å². The first kappa shape index (κ1) is 19.6. The molecule has 0 aliphatic carbocycles. The summed E-state index contributed by atoms with van der Waals surface area (Å²) in [5.74, 6) is 0.282. The Labute approximate surface area is 170 Å². The van der Waals surface area contributed by atoms with Crippen LogP contribution in [0.5, 0.6) is 0 Å². The van der Waals surface area contributed by atoms with Crippen molar-refractivity contribution in [1.29, 1.82) is 0 Å². The number of likely N-dealkylation sites (tertiary alicyclic amines) is 1. The lowest BCUT2D eigenvalue weighted by Crippen LogP contribution is -2.45.